The lowest BCUT2D eigenvalue weighted by molar-refractivity contribution is -0.385. The minimum atomic E-state index is -0.503. The van der Waals surface area contributed by atoms with E-state index in [2.05, 4.69) is 5.32 Å². The molecular weight excluding hydrogens is 208 g/mol. The molecule has 0 saturated heterocycles. The molecule has 0 radical (unpaired) electrons. The predicted molar refractivity (Wildman–Crippen MR) is 62.3 cm³/mol. The minimum Gasteiger partial charge on any atom is -0.508 e. The van der Waals surface area contributed by atoms with Gasteiger partial charge in [-0.3, -0.25) is 10.1 Å². The van der Waals surface area contributed by atoms with Crippen molar-refractivity contribution in [2.45, 2.75) is 6.42 Å². The number of phenolic OH excluding ortho intramolecular Hbond substituents is 1. The van der Waals surface area contributed by atoms with Gasteiger partial charge in [-0.1, -0.05) is 12.2 Å². The van der Waals surface area contributed by atoms with Crippen LogP contribution in [0.4, 0.5) is 5.69 Å². The molecule has 0 aliphatic carbocycles. The fourth-order valence-corrected chi connectivity index (χ4v) is 1.27. The van der Waals surface area contributed by atoms with Gasteiger partial charge in [0, 0.05) is 0 Å². The van der Waals surface area contributed by atoms with Gasteiger partial charge in [-0.2, -0.15) is 0 Å². The summed E-state index contributed by atoms with van der Waals surface area (Å²) in [4.78, 5) is 10.2. The first-order chi connectivity index (χ1) is 7.65. The van der Waals surface area contributed by atoms with Crippen molar-refractivity contribution in [1.82, 2.24) is 5.32 Å². The molecule has 0 aliphatic rings. The van der Waals surface area contributed by atoms with Crippen LogP contribution in [0.15, 0.2) is 24.3 Å². The molecule has 1 aromatic rings. The lowest BCUT2D eigenvalue weighted by atomic mass is 10.1. The van der Waals surface area contributed by atoms with E-state index in [1.54, 1.807) is 6.08 Å². The van der Waals surface area contributed by atoms with Crippen molar-refractivity contribution in [2.24, 2.45) is 0 Å². The van der Waals surface area contributed by atoms with Gasteiger partial charge in [-0.25, -0.2) is 0 Å². The molecule has 0 aliphatic heterocycles. The second kappa shape index (κ2) is 5.87. The minimum absolute atomic E-state index is 0.0827. The van der Waals surface area contributed by atoms with Crippen molar-refractivity contribution in [1.29, 1.82) is 0 Å². The summed E-state index contributed by atoms with van der Waals surface area (Å²) in [5.74, 6) is -0.0981. The summed E-state index contributed by atoms with van der Waals surface area (Å²) in [7, 11) is 1.84. The van der Waals surface area contributed by atoms with Crippen LogP contribution in [0, 0.1) is 10.1 Å². The first-order valence-corrected chi connectivity index (χ1v) is 4.93. The maximum absolute atomic E-state index is 10.7. The Balaban J connectivity index is 2.86. The van der Waals surface area contributed by atoms with E-state index in [1.807, 2.05) is 13.1 Å². The Morgan fingerprint density at radius 2 is 2.31 bits per heavy atom. The third-order valence-corrected chi connectivity index (χ3v) is 2.07. The molecule has 0 unspecified atom stereocenters. The molecule has 0 amide bonds. The Morgan fingerprint density at radius 3 is 2.94 bits per heavy atom. The van der Waals surface area contributed by atoms with E-state index < -0.39 is 4.92 Å². The number of phenols is 1. The van der Waals surface area contributed by atoms with Crippen LogP contribution in [-0.4, -0.2) is 23.6 Å². The predicted octanol–water partition coefficient (Wildman–Crippen LogP) is 1.92. The molecule has 0 bridgehead atoms. The maximum atomic E-state index is 10.7. The Kier molecular flexibility index (Phi) is 4.47. The molecule has 5 heteroatoms. The average molecular weight is 222 g/mol. The molecule has 0 aromatic heterocycles. The van der Waals surface area contributed by atoms with E-state index in [1.165, 1.54) is 12.1 Å². The molecule has 0 atom stereocenters. The second-order valence-electron chi connectivity index (χ2n) is 3.29. The maximum Gasteiger partial charge on any atom is 0.280 e. The molecule has 0 saturated carbocycles. The van der Waals surface area contributed by atoms with Gasteiger partial charge in [-0.15, -0.1) is 0 Å². The lowest BCUT2D eigenvalue weighted by Crippen LogP contribution is -2.05. The molecule has 1 aromatic carbocycles. The van der Waals surface area contributed by atoms with E-state index in [0.29, 0.717) is 5.56 Å². The molecular formula is C11H14N2O3. The fraction of sp³-hybridized carbons (Fsp3) is 0.273. The molecule has 16 heavy (non-hydrogen) atoms. The van der Waals surface area contributed by atoms with Gasteiger partial charge in [0.25, 0.3) is 5.69 Å². The smallest absolute Gasteiger partial charge is 0.280 e. The topological polar surface area (TPSA) is 75.4 Å². The quantitative estimate of drug-likeness (QED) is 0.453. The molecule has 1 rings (SSSR count). The van der Waals surface area contributed by atoms with E-state index in [-0.39, 0.29) is 11.4 Å². The Bertz CT molecular complexity index is 402. The third-order valence-electron chi connectivity index (χ3n) is 2.07. The number of nitrogens with one attached hydrogen (secondary N) is 1. The number of nitro benzene ring substituents is 1. The van der Waals surface area contributed by atoms with Crippen LogP contribution in [0.25, 0.3) is 6.08 Å². The van der Waals surface area contributed by atoms with E-state index in [9.17, 15) is 10.1 Å². The van der Waals surface area contributed by atoms with Gasteiger partial charge in [0.05, 0.1) is 16.6 Å². The van der Waals surface area contributed by atoms with Crippen LogP contribution in [0.1, 0.15) is 12.0 Å². The highest BCUT2D eigenvalue weighted by molar-refractivity contribution is 5.62. The third kappa shape index (κ3) is 3.36. The number of nitrogens with zero attached hydrogens (tertiary/aromatic N) is 1. The van der Waals surface area contributed by atoms with Gasteiger partial charge in [0.1, 0.15) is 5.75 Å². The number of hydrogen-bond donors (Lipinski definition) is 2. The SMILES string of the molecule is CNCCC=Cc1ccc(O)cc1[N+](=O)[O-]. The normalized spacial score (nSPS) is 10.8. The summed E-state index contributed by atoms with van der Waals surface area (Å²) < 4.78 is 0. The van der Waals surface area contributed by atoms with Crippen LogP contribution in [0.5, 0.6) is 5.75 Å². The van der Waals surface area contributed by atoms with Crippen molar-refractivity contribution < 1.29 is 10.0 Å². The largest absolute Gasteiger partial charge is 0.508 e. The number of nitro groups is 1. The Hall–Kier alpha value is -1.88. The van der Waals surface area contributed by atoms with Crippen molar-refractivity contribution in [3.05, 3.63) is 40.0 Å². The Morgan fingerprint density at radius 1 is 1.56 bits per heavy atom. The molecule has 0 spiro atoms. The van der Waals surface area contributed by atoms with E-state index in [0.717, 1.165) is 19.0 Å². The number of benzene rings is 1. The van der Waals surface area contributed by atoms with Crippen LogP contribution < -0.4 is 5.32 Å². The summed E-state index contributed by atoms with van der Waals surface area (Å²) in [6, 6.07) is 4.12. The first kappa shape index (κ1) is 12.2. The van der Waals surface area contributed by atoms with Crippen LogP contribution >= 0.6 is 0 Å². The Labute approximate surface area is 93.6 Å². The zero-order valence-electron chi connectivity index (χ0n) is 9.01. The van der Waals surface area contributed by atoms with Gasteiger partial charge in [-0.05, 0) is 32.1 Å². The molecule has 5 nitrogen and oxygen atoms in total. The summed E-state index contributed by atoms with van der Waals surface area (Å²) in [6.45, 7) is 0.822. The molecule has 0 heterocycles. The van der Waals surface area contributed by atoms with E-state index >= 15 is 0 Å². The van der Waals surface area contributed by atoms with Crippen LogP contribution in [0.3, 0.4) is 0 Å². The van der Waals surface area contributed by atoms with Gasteiger partial charge in [0.2, 0.25) is 0 Å². The second-order valence-corrected chi connectivity index (χ2v) is 3.29. The summed E-state index contributed by atoms with van der Waals surface area (Å²) in [5.41, 5.74) is 0.416. The van der Waals surface area contributed by atoms with Gasteiger partial charge >= 0.3 is 0 Å². The standard InChI is InChI=1S/C11H14N2O3/c1-12-7-3-2-4-9-5-6-10(14)8-11(9)13(15)16/h2,4-6,8,12,14H,3,7H2,1H3. The van der Waals surface area contributed by atoms with E-state index in [4.69, 9.17) is 5.11 Å². The highest BCUT2D eigenvalue weighted by Crippen LogP contribution is 2.24. The fourth-order valence-electron chi connectivity index (χ4n) is 1.27. The highest BCUT2D eigenvalue weighted by atomic mass is 16.6. The van der Waals surface area contributed by atoms with Gasteiger partial charge < -0.3 is 10.4 Å². The highest BCUT2D eigenvalue weighted by Gasteiger charge is 2.11. The number of aromatic hydroxyl groups is 1. The molecule has 86 valence electrons. The lowest BCUT2D eigenvalue weighted by Gasteiger charge is -1.98. The van der Waals surface area contributed by atoms with Crippen LogP contribution in [0.2, 0.25) is 0 Å². The zero-order valence-corrected chi connectivity index (χ0v) is 9.01. The summed E-state index contributed by atoms with van der Waals surface area (Å²) in [5, 5.41) is 22.8. The number of hydrogen-bond acceptors (Lipinski definition) is 4. The van der Waals surface area contributed by atoms with Crippen molar-refractivity contribution >= 4 is 11.8 Å². The molecule has 0 fully saturated rings. The van der Waals surface area contributed by atoms with Crippen molar-refractivity contribution in [2.75, 3.05) is 13.6 Å². The summed E-state index contributed by atoms with van der Waals surface area (Å²) >= 11 is 0. The number of rotatable bonds is 5. The zero-order chi connectivity index (χ0) is 12.0. The first-order valence-electron chi connectivity index (χ1n) is 4.93. The summed E-state index contributed by atoms with van der Waals surface area (Å²) in [6.07, 6.45) is 4.35. The monoisotopic (exact) mass is 222 g/mol. The molecule has 2 N–H and O–H groups in total. The van der Waals surface area contributed by atoms with Crippen molar-refractivity contribution in [3.8, 4) is 5.75 Å². The van der Waals surface area contributed by atoms with Crippen molar-refractivity contribution in [3.63, 3.8) is 0 Å². The average Bonchev–Trinajstić information content (AvgIpc) is 2.26. The van der Waals surface area contributed by atoms with Crippen LogP contribution in [-0.2, 0) is 0 Å². The van der Waals surface area contributed by atoms with Gasteiger partial charge in [0.15, 0.2) is 0 Å².